The molecule has 1 aliphatic carbocycles. The second kappa shape index (κ2) is 8.13. The van der Waals surface area contributed by atoms with Crippen LogP contribution in [-0.2, 0) is 16.0 Å². The van der Waals surface area contributed by atoms with E-state index in [2.05, 4.69) is 29.2 Å². The Balaban J connectivity index is 1.57. The van der Waals surface area contributed by atoms with Crippen LogP contribution in [0.25, 0.3) is 0 Å². The van der Waals surface area contributed by atoms with E-state index in [4.69, 9.17) is 4.74 Å². The SMILES string of the molecule is CN(CC(=O)N(C)C1CCCc2ccccc21)CC1CCCCO1. The van der Waals surface area contributed by atoms with Crippen LogP contribution >= 0.6 is 0 Å². The first kappa shape index (κ1) is 17.4. The van der Waals surface area contributed by atoms with Crippen molar-refractivity contribution in [3.63, 3.8) is 0 Å². The monoisotopic (exact) mass is 330 g/mol. The molecule has 1 fully saturated rings. The number of hydrogen-bond donors (Lipinski definition) is 0. The number of carbonyl (C=O) groups is 1. The number of rotatable bonds is 5. The highest BCUT2D eigenvalue weighted by Crippen LogP contribution is 2.33. The summed E-state index contributed by atoms with van der Waals surface area (Å²) in [7, 11) is 3.98. The van der Waals surface area contributed by atoms with Crippen molar-refractivity contribution in [3.05, 3.63) is 35.4 Å². The molecular formula is C20H30N2O2. The Morgan fingerprint density at radius 2 is 2.00 bits per heavy atom. The molecular weight excluding hydrogens is 300 g/mol. The van der Waals surface area contributed by atoms with Crippen molar-refractivity contribution in [1.82, 2.24) is 9.80 Å². The fraction of sp³-hybridized carbons (Fsp3) is 0.650. The zero-order chi connectivity index (χ0) is 16.9. The van der Waals surface area contributed by atoms with Crippen LogP contribution in [0.5, 0.6) is 0 Å². The van der Waals surface area contributed by atoms with E-state index in [0.29, 0.717) is 6.54 Å². The van der Waals surface area contributed by atoms with E-state index >= 15 is 0 Å². The lowest BCUT2D eigenvalue weighted by molar-refractivity contribution is -0.133. The van der Waals surface area contributed by atoms with Crippen LogP contribution in [0.2, 0.25) is 0 Å². The molecule has 2 unspecified atom stereocenters. The summed E-state index contributed by atoms with van der Waals surface area (Å²) in [5, 5.41) is 0. The molecule has 0 spiro atoms. The van der Waals surface area contributed by atoms with Crippen LogP contribution in [0.1, 0.15) is 49.3 Å². The highest BCUT2D eigenvalue weighted by molar-refractivity contribution is 5.78. The predicted octanol–water partition coefficient (Wildman–Crippen LogP) is 3.02. The zero-order valence-corrected chi connectivity index (χ0v) is 15.0. The van der Waals surface area contributed by atoms with Crippen LogP contribution in [-0.4, -0.2) is 55.6 Å². The molecule has 24 heavy (non-hydrogen) atoms. The van der Waals surface area contributed by atoms with Crippen LogP contribution in [0.4, 0.5) is 0 Å². The summed E-state index contributed by atoms with van der Waals surface area (Å²) in [5.74, 6) is 0.204. The number of hydrogen-bond acceptors (Lipinski definition) is 3. The molecule has 0 aromatic heterocycles. The number of carbonyl (C=O) groups excluding carboxylic acids is 1. The molecule has 0 radical (unpaired) electrons. The summed E-state index contributed by atoms with van der Waals surface area (Å²) < 4.78 is 5.79. The van der Waals surface area contributed by atoms with E-state index in [1.807, 2.05) is 19.0 Å². The van der Waals surface area contributed by atoms with Crippen LogP contribution in [0.3, 0.4) is 0 Å². The molecule has 2 atom stereocenters. The number of nitrogens with zero attached hydrogens (tertiary/aromatic N) is 2. The summed E-state index contributed by atoms with van der Waals surface area (Å²) in [6, 6.07) is 8.79. The average Bonchev–Trinajstić information content (AvgIpc) is 2.61. The fourth-order valence-electron chi connectivity index (χ4n) is 4.01. The third kappa shape index (κ3) is 4.17. The molecule has 3 rings (SSSR count). The summed E-state index contributed by atoms with van der Waals surface area (Å²) in [5.41, 5.74) is 2.73. The normalized spacial score (nSPS) is 23.8. The van der Waals surface area contributed by atoms with Gasteiger partial charge in [-0.3, -0.25) is 9.69 Å². The first-order valence-electron chi connectivity index (χ1n) is 9.29. The van der Waals surface area contributed by atoms with E-state index < -0.39 is 0 Å². The largest absolute Gasteiger partial charge is 0.377 e. The van der Waals surface area contributed by atoms with Crippen molar-refractivity contribution >= 4 is 5.91 Å². The first-order valence-corrected chi connectivity index (χ1v) is 9.29. The standard InChI is InChI=1S/C20H30N2O2/c1-21(14-17-10-5-6-13-24-17)15-20(23)22(2)19-12-7-9-16-8-3-4-11-18(16)19/h3-4,8,11,17,19H,5-7,9-10,12-15H2,1-2H3. The summed E-state index contributed by atoms with van der Waals surface area (Å²) in [4.78, 5) is 16.8. The van der Waals surface area contributed by atoms with Crippen molar-refractivity contribution in [2.45, 2.75) is 50.7 Å². The Morgan fingerprint density at radius 1 is 1.17 bits per heavy atom. The summed E-state index contributed by atoms with van der Waals surface area (Å²) >= 11 is 0. The molecule has 0 bridgehead atoms. The molecule has 0 N–H and O–H groups in total. The van der Waals surface area contributed by atoms with Gasteiger partial charge in [0.2, 0.25) is 5.91 Å². The number of likely N-dealkylation sites (N-methyl/N-ethyl adjacent to an activating group) is 2. The van der Waals surface area contributed by atoms with Gasteiger partial charge in [0.15, 0.2) is 0 Å². The Bertz CT molecular complexity index is 554. The maximum absolute atomic E-state index is 12.7. The van der Waals surface area contributed by atoms with Crippen molar-refractivity contribution in [1.29, 1.82) is 0 Å². The lowest BCUT2D eigenvalue weighted by Gasteiger charge is -2.34. The molecule has 1 aliphatic heterocycles. The second-order valence-corrected chi connectivity index (χ2v) is 7.30. The fourth-order valence-corrected chi connectivity index (χ4v) is 4.01. The molecule has 1 saturated heterocycles. The van der Waals surface area contributed by atoms with E-state index in [0.717, 1.165) is 38.8 Å². The van der Waals surface area contributed by atoms with Crippen LogP contribution < -0.4 is 0 Å². The molecule has 132 valence electrons. The summed E-state index contributed by atoms with van der Waals surface area (Å²) in [6.45, 7) is 2.18. The highest BCUT2D eigenvalue weighted by Gasteiger charge is 2.27. The van der Waals surface area contributed by atoms with E-state index in [9.17, 15) is 4.79 Å². The van der Waals surface area contributed by atoms with Gasteiger partial charge in [0.05, 0.1) is 18.7 Å². The number of benzene rings is 1. The maximum Gasteiger partial charge on any atom is 0.236 e. The quantitative estimate of drug-likeness (QED) is 0.832. The topological polar surface area (TPSA) is 32.8 Å². The average molecular weight is 330 g/mol. The Hall–Kier alpha value is -1.39. The molecule has 1 aromatic carbocycles. The minimum absolute atomic E-state index is 0.204. The van der Waals surface area contributed by atoms with Gasteiger partial charge in [0.1, 0.15) is 0 Å². The predicted molar refractivity (Wildman–Crippen MR) is 96.0 cm³/mol. The minimum atomic E-state index is 0.204. The molecule has 1 aromatic rings. The summed E-state index contributed by atoms with van der Waals surface area (Å²) in [6.07, 6.45) is 7.17. The van der Waals surface area contributed by atoms with Gasteiger partial charge < -0.3 is 9.64 Å². The van der Waals surface area contributed by atoms with E-state index in [1.54, 1.807) is 0 Å². The van der Waals surface area contributed by atoms with Gasteiger partial charge in [-0.05, 0) is 56.7 Å². The lowest BCUT2D eigenvalue weighted by Crippen LogP contribution is -2.42. The van der Waals surface area contributed by atoms with Crippen molar-refractivity contribution in [2.24, 2.45) is 0 Å². The third-order valence-electron chi connectivity index (χ3n) is 5.39. The number of amides is 1. The third-order valence-corrected chi connectivity index (χ3v) is 5.39. The lowest BCUT2D eigenvalue weighted by atomic mass is 9.87. The smallest absolute Gasteiger partial charge is 0.236 e. The highest BCUT2D eigenvalue weighted by atomic mass is 16.5. The number of aryl methyl sites for hydroxylation is 1. The van der Waals surface area contributed by atoms with E-state index in [1.165, 1.54) is 24.0 Å². The molecule has 1 amide bonds. The van der Waals surface area contributed by atoms with Crippen molar-refractivity contribution in [3.8, 4) is 0 Å². The van der Waals surface area contributed by atoms with Gasteiger partial charge in [0, 0.05) is 20.2 Å². The first-order chi connectivity index (χ1) is 11.6. The van der Waals surface area contributed by atoms with E-state index in [-0.39, 0.29) is 18.1 Å². The number of ether oxygens (including phenoxy) is 1. The Labute approximate surface area is 145 Å². The van der Waals surface area contributed by atoms with Crippen LogP contribution in [0, 0.1) is 0 Å². The zero-order valence-electron chi connectivity index (χ0n) is 15.0. The van der Waals surface area contributed by atoms with Gasteiger partial charge in [-0.15, -0.1) is 0 Å². The van der Waals surface area contributed by atoms with Crippen LogP contribution in [0.15, 0.2) is 24.3 Å². The van der Waals surface area contributed by atoms with Gasteiger partial charge in [-0.2, -0.15) is 0 Å². The Morgan fingerprint density at radius 3 is 2.79 bits per heavy atom. The molecule has 4 nitrogen and oxygen atoms in total. The van der Waals surface area contributed by atoms with Gasteiger partial charge in [-0.1, -0.05) is 24.3 Å². The Kier molecular flexibility index (Phi) is 5.90. The molecule has 1 heterocycles. The second-order valence-electron chi connectivity index (χ2n) is 7.30. The molecule has 4 heteroatoms. The van der Waals surface area contributed by atoms with Crippen molar-refractivity contribution < 1.29 is 9.53 Å². The van der Waals surface area contributed by atoms with Gasteiger partial charge >= 0.3 is 0 Å². The maximum atomic E-state index is 12.7. The minimum Gasteiger partial charge on any atom is -0.377 e. The van der Waals surface area contributed by atoms with Gasteiger partial charge in [0.25, 0.3) is 0 Å². The van der Waals surface area contributed by atoms with Gasteiger partial charge in [-0.25, -0.2) is 0 Å². The molecule has 0 saturated carbocycles. The number of fused-ring (bicyclic) bond motifs is 1. The van der Waals surface area contributed by atoms with Crippen molar-refractivity contribution in [2.75, 3.05) is 33.8 Å². The molecule has 2 aliphatic rings.